The quantitative estimate of drug-likeness (QED) is 0.269. The molecule has 12 nitrogen and oxygen atoms in total. The molecule has 1 fully saturated rings. The van der Waals surface area contributed by atoms with E-state index >= 15 is 0 Å². The van der Waals surface area contributed by atoms with Gasteiger partial charge in [0.25, 0.3) is 11.6 Å². The Labute approximate surface area is 196 Å². The molecule has 35 heavy (non-hydrogen) atoms. The standard InChI is InChI=1S/C23H17N5O7/c24-22(32)23(12-6-2-1-3-7-12)11-17(23)27-15-10-16(21(30)31)35-18(15)19(26-27)25-20(29)13-8-4-5-9-14(13)28(33)34/h1-10,17H,11H2,(H2,24,32)(H,30,31)(H,25,26,29). The maximum absolute atomic E-state index is 12.9. The monoisotopic (exact) mass is 475 g/mol. The number of nitrogens with two attached hydrogens (primary N) is 1. The molecule has 12 heteroatoms. The predicted molar refractivity (Wildman–Crippen MR) is 121 cm³/mol. The lowest BCUT2D eigenvalue weighted by Crippen LogP contribution is -2.31. The van der Waals surface area contributed by atoms with Gasteiger partial charge in [-0.05, 0) is 18.1 Å². The minimum Gasteiger partial charge on any atom is -0.475 e. The van der Waals surface area contributed by atoms with E-state index in [1.54, 1.807) is 30.3 Å². The van der Waals surface area contributed by atoms with E-state index in [1.165, 1.54) is 35.0 Å². The summed E-state index contributed by atoms with van der Waals surface area (Å²) in [6.07, 6.45) is 0.300. The van der Waals surface area contributed by atoms with Crippen molar-refractivity contribution in [1.82, 2.24) is 9.78 Å². The number of carboxylic acids is 1. The zero-order valence-corrected chi connectivity index (χ0v) is 17.9. The summed E-state index contributed by atoms with van der Waals surface area (Å²) in [5.41, 5.74) is 4.91. The molecule has 1 saturated carbocycles. The van der Waals surface area contributed by atoms with Crippen molar-refractivity contribution in [2.45, 2.75) is 17.9 Å². The van der Waals surface area contributed by atoms with Gasteiger partial charge in [-0.1, -0.05) is 42.5 Å². The fourth-order valence-corrected chi connectivity index (χ4v) is 4.35. The second-order valence-corrected chi connectivity index (χ2v) is 8.07. The van der Waals surface area contributed by atoms with Crippen LogP contribution in [0.3, 0.4) is 0 Å². The van der Waals surface area contributed by atoms with Gasteiger partial charge in [-0.3, -0.25) is 24.4 Å². The van der Waals surface area contributed by atoms with Crippen molar-refractivity contribution < 1.29 is 28.8 Å². The second kappa shape index (κ2) is 7.80. The predicted octanol–water partition coefficient (Wildman–Crippen LogP) is 2.86. The van der Waals surface area contributed by atoms with Gasteiger partial charge in [0.1, 0.15) is 11.1 Å². The fourth-order valence-electron chi connectivity index (χ4n) is 4.35. The van der Waals surface area contributed by atoms with Crippen LogP contribution in [0.4, 0.5) is 11.5 Å². The number of hydrogen-bond donors (Lipinski definition) is 3. The van der Waals surface area contributed by atoms with Crippen molar-refractivity contribution >= 4 is 40.4 Å². The van der Waals surface area contributed by atoms with E-state index in [1.807, 2.05) is 0 Å². The molecule has 1 aliphatic carbocycles. The summed E-state index contributed by atoms with van der Waals surface area (Å²) < 4.78 is 6.82. The number of furan rings is 1. The first kappa shape index (κ1) is 21.8. The van der Waals surface area contributed by atoms with E-state index in [2.05, 4.69) is 10.4 Å². The molecular weight excluding hydrogens is 458 g/mol. The van der Waals surface area contributed by atoms with E-state index in [9.17, 15) is 29.6 Å². The molecule has 4 aromatic rings. The minimum absolute atomic E-state index is 0.0485. The minimum atomic E-state index is -1.34. The highest BCUT2D eigenvalue weighted by Gasteiger charge is 2.62. The summed E-state index contributed by atoms with van der Waals surface area (Å²) in [6, 6.07) is 14.9. The topological polar surface area (TPSA) is 184 Å². The van der Waals surface area contributed by atoms with Crippen LogP contribution in [0.5, 0.6) is 0 Å². The highest BCUT2D eigenvalue weighted by Crippen LogP contribution is 2.58. The molecule has 5 rings (SSSR count). The number of nitrogens with zero attached hydrogens (tertiary/aromatic N) is 3. The number of hydrogen-bond acceptors (Lipinski definition) is 7. The molecule has 2 amide bonds. The number of aromatic carboxylic acids is 1. The lowest BCUT2D eigenvalue weighted by Gasteiger charge is -2.14. The third kappa shape index (κ3) is 3.39. The highest BCUT2D eigenvalue weighted by molar-refractivity contribution is 6.09. The van der Waals surface area contributed by atoms with E-state index < -0.39 is 45.6 Å². The van der Waals surface area contributed by atoms with Gasteiger partial charge in [-0.2, -0.15) is 0 Å². The molecular formula is C23H17N5O7. The molecule has 0 aliphatic heterocycles. The molecule has 2 heterocycles. The van der Waals surface area contributed by atoms with E-state index in [4.69, 9.17) is 10.2 Å². The zero-order valence-electron chi connectivity index (χ0n) is 17.9. The van der Waals surface area contributed by atoms with Gasteiger partial charge in [-0.25, -0.2) is 4.79 Å². The summed E-state index contributed by atoms with van der Waals surface area (Å²) in [6.45, 7) is 0. The molecule has 2 unspecified atom stereocenters. The normalized spacial score (nSPS) is 18.8. The number of primary amides is 1. The first-order chi connectivity index (χ1) is 16.7. The molecule has 176 valence electrons. The first-order valence-electron chi connectivity index (χ1n) is 10.4. The highest BCUT2D eigenvalue weighted by atomic mass is 16.6. The number of nitrogens with one attached hydrogen (secondary N) is 1. The second-order valence-electron chi connectivity index (χ2n) is 8.07. The van der Waals surface area contributed by atoms with Gasteiger partial charge < -0.3 is 20.6 Å². The van der Waals surface area contributed by atoms with Crippen molar-refractivity contribution in [1.29, 1.82) is 0 Å². The van der Waals surface area contributed by atoms with Crippen molar-refractivity contribution in [2.24, 2.45) is 5.73 Å². The van der Waals surface area contributed by atoms with Crippen LogP contribution in [-0.2, 0) is 10.2 Å². The van der Waals surface area contributed by atoms with Crippen LogP contribution < -0.4 is 11.1 Å². The maximum atomic E-state index is 12.9. The SMILES string of the molecule is NC(=O)C1(c2ccccc2)CC1n1nc(NC(=O)c2ccccc2[N+](=O)[O-])c2oc(C(=O)O)cc21. The van der Waals surface area contributed by atoms with Gasteiger partial charge >= 0.3 is 5.97 Å². The lowest BCUT2D eigenvalue weighted by molar-refractivity contribution is -0.385. The van der Waals surface area contributed by atoms with Crippen molar-refractivity contribution in [3.8, 4) is 0 Å². The van der Waals surface area contributed by atoms with Crippen LogP contribution in [0.2, 0.25) is 0 Å². The Balaban J connectivity index is 1.59. The van der Waals surface area contributed by atoms with E-state index in [0.29, 0.717) is 12.0 Å². The van der Waals surface area contributed by atoms with Gasteiger partial charge in [0, 0.05) is 12.1 Å². The number of para-hydroxylation sites is 1. The van der Waals surface area contributed by atoms with Gasteiger partial charge in [0.15, 0.2) is 11.4 Å². The smallest absolute Gasteiger partial charge is 0.371 e. The van der Waals surface area contributed by atoms with Crippen molar-refractivity contribution in [3.05, 3.63) is 87.7 Å². The maximum Gasteiger partial charge on any atom is 0.371 e. The number of carbonyl (C=O) groups is 3. The van der Waals surface area contributed by atoms with E-state index in [-0.39, 0.29) is 22.5 Å². The molecule has 2 atom stereocenters. The number of nitro benzene ring substituents is 1. The Morgan fingerprint density at radius 3 is 2.51 bits per heavy atom. The lowest BCUT2D eigenvalue weighted by atomic mass is 9.94. The molecule has 4 N–H and O–H groups in total. The first-order valence-corrected chi connectivity index (χ1v) is 10.4. The number of benzene rings is 2. The fraction of sp³-hybridized carbons (Fsp3) is 0.130. The van der Waals surface area contributed by atoms with E-state index in [0.717, 1.165) is 0 Å². The number of rotatable bonds is 7. The molecule has 2 aromatic carbocycles. The Kier molecular flexibility index (Phi) is 4.86. The molecule has 0 saturated heterocycles. The van der Waals surface area contributed by atoms with Crippen LogP contribution in [0.25, 0.3) is 11.1 Å². The molecule has 0 radical (unpaired) electrons. The zero-order chi connectivity index (χ0) is 24.9. The number of amides is 2. The molecule has 0 spiro atoms. The van der Waals surface area contributed by atoms with Gasteiger partial charge in [0.2, 0.25) is 11.7 Å². The van der Waals surface area contributed by atoms with Crippen LogP contribution in [0.1, 0.15) is 38.9 Å². The number of aromatic nitrogens is 2. The van der Waals surface area contributed by atoms with Gasteiger partial charge in [0.05, 0.1) is 16.4 Å². The Morgan fingerprint density at radius 1 is 1.17 bits per heavy atom. The number of fused-ring (bicyclic) bond motifs is 1. The average molecular weight is 475 g/mol. The summed E-state index contributed by atoms with van der Waals surface area (Å²) in [4.78, 5) is 47.6. The summed E-state index contributed by atoms with van der Waals surface area (Å²) in [5.74, 6) is -3.31. The molecule has 1 aliphatic rings. The Morgan fingerprint density at radius 2 is 1.86 bits per heavy atom. The molecule has 0 bridgehead atoms. The summed E-state index contributed by atoms with van der Waals surface area (Å²) in [5, 5.41) is 27.6. The largest absolute Gasteiger partial charge is 0.475 e. The van der Waals surface area contributed by atoms with Crippen LogP contribution in [-0.4, -0.2) is 37.6 Å². The number of carbonyl (C=O) groups excluding carboxylic acids is 2. The third-order valence-corrected chi connectivity index (χ3v) is 6.12. The number of carboxylic acid groups (broad SMARTS) is 1. The Bertz CT molecular complexity index is 1520. The van der Waals surface area contributed by atoms with Crippen molar-refractivity contribution in [2.75, 3.05) is 5.32 Å². The van der Waals surface area contributed by atoms with Gasteiger partial charge in [-0.15, -0.1) is 5.10 Å². The van der Waals surface area contributed by atoms with Crippen LogP contribution >= 0.6 is 0 Å². The Hall–Kier alpha value is -5.00. The number of anilines is 1. The third-order valence-electron chi connectivity index (χ3n) is 6.12. The van der Waals surface area contributed by atoms with Crippen molar-refractivity contribution in [3.63, 3.8) is 0 Å². The number of nitro groups is 1. The van der Waals surface area contributed by atoms with Crippen LogP contribution in [0.15, 0.2) is 65.1 Å². The van der Waals surface area contributed by atoms with Crippen LogP contribution in [0, 0.1) is 10.1 Å². The summed E-state index contributed by atoms with van der Waals surface area (Å²) in [7, 11) is 0. The average Bonchev–Trinajstić information content (AvgIpc) is 3.30. The summed E-state index contributed by atoms with van der Waals surface area (Å²) >= 11 is 0. The molecule has 2 aromatic heterocycles.